The molecule has 27 heavy (non-hydrogen) atoms. The van der Waals surface area contributed by atoms with E-state index in [4.69, 9.17) is 9.47 Å². The number of carbonyl (C=O) groups is 1. The minimum Gasteiger partial charge on any atom is -0.493 e. The molecule has 0 bridgehead atoms. The molecule has 146 valence electrons. The molecule has 1 saturated heterocycles. The van der Waals surface area contributed by atoms with Gasteiger partial charge in [0.05, 0.1) is 26.8 Å². The van der Waals surface area contributed by atoms with Crippen LogP contribution in [0, 0.1) is 0 Å². The standard InChI is InChI=1S/C21H28N2O3S/c1-22(12-10-16-8-9-18(25-2)19(14-16)26-3)15-21(24)23-11-4-6-17(23)20-7-5-13-27-20/h5,7-9,13-14,17H,4,6,10-12,15H2,1-3H3/t17-/m0/s1. The van der Waals surface area contributed by atoms with Crippen LogP contribution < -0.4 is 9.47 Å². The van der Waals surface area contributed by atoms with E-state index in [1.165, 1.54) is 10.4 Å². The molecule has 0 saturated carbocycles. The number of thiophene rings is 1. The molecule has 0 unspecified atom stereocenters. The van der Waals surface area contributed by atoms with Crippen molar-refractivity contribution >= 4 is 17.2 Å². The van der Waals surface area contributed by atoms with Gasteiger partial charge in [0, 0.05) is 18.0 Å². The van der Waals surface area contributed by atoms with Gasteiger partial charge >= 0.3 is 0 Å². The van der Waals surface area contributed by atoms with Gasteiger partial charge in [-0.25, -0.2) is 0 Å². The van der Waals surface area contributed by atoms with E-state index in [9.17, 15) is 4.79 Å². The van der Waals surface area contributed by atoms with Crippen LogP contribution in [0.4, 0.5) is 0 Å². The van der Waals surface area contributed by atoms with Crippen molar-refractivity contribution in [2.45, 2.75) is 25.3 Å². The molecule has 1 fully saturated rings. The first-order chi connectivity index (χ1) is 13.1. The topological polar surface area (TPSA) is 42.0 Å². The van der Waals surface area contributed by atoms with E-state index in [1.807, 2.05) is 25.2 Å². The molecule has 5 nitrogen and oxygen atoms in total. The Morgan fingerprint density at radius 3 is 2.78 bits per heavy atom. The minimum absolute atomic E-state index is 0.223. The van der Waals surface area contributed by atoms with E-state index in [-0.39, 0.29) is 11.9 Å². The summed E-state index contributed by atoms with van der Waals surface area (Å²) in [6.07, 6.45) is 3.02. The molecule has 2 aromatic rings. The lowest BCUT2D eigenvalue weighted by Crippen LogP contribution is -2.39. The van der Waals surface area contributed by atoms with Crippen LogP contribution in [-0.2, 0) is 11.2 Å². The maximum atomic E-state index is 12.8. The van der Waals surface area contributed by atoms with Crippen LogP contribution in [0.3, 0.4) is 0 Å². The number of nitrogens with zero attached hydrogens (tertiary/aromatic N) is 2. The zero-order chi connectivity index (χ0) is 19.2. The molecule has 1 aliphatic heterocycles. The summed E-state index contributed by atoms with van der Waals surface area (Å²) in [5, 5.41) is 2.09. The zero-order valence-corrected chi connectivity index (χ0v) is 17.1. The Balaban J connectivity index is 1.53. The Kier molecular flexibility index (Phi) is 6.74. The third kappa shape index (κ3) is 4.82. The summed E-state index contributed by atoms with van der Waals surface area (Å²) in [4.78, 5) is 18.3. The van der Waals surface area contributed by atoms with Gasteiger partial charge in [-0.3, -0.25) is 9.69 Å². The van der Waals surface area contributed by atoms with Crippen molar-refractivity contribution in [3.05, 3.63) is 46.2 Å². The van der Waals surface area contributed by atoms with Crippen molar-refractivity contribution in [2.75, 3.05) is 40.9 Å². The average Bonchev–Trinajstić information content (AvgIpc) is 3.37. The van der Waals surface area contributed by atoms with Gasteiger partial charge in [0.2, 0.25) is 5.91 Å². The van der Waals surface area contributed by atoms with Crippen LogP contribution in [-0.4, -0.2) is 56.6 Å². The Labute approximate surface area is 165 Å². The Hall–Kier alpha value is -2.05. The molecule has 2 heterocycles. The lowest BCUT2D eigenvalue weighted by molar-refractivity contribution is -0.133. The van der Waals surface area contributed by atoms with Crippen molar-refractivity contribution < 1.29 is 14.3 Å². The van der Waals surface area contributed by atoms with Gasteiger partial charge in [0.25, 0.3) is 0 Å². The summed E-state index contributed by atoms with van der Waals surface area (Å²) in [5.74, 6) is 1.70. The van der Waals surface area contributed by atoms with Crippen LogP contribution in [0.1, 0.15) is 29.3 Å². The van der Waals surface area contributed by atoms with Gasteiger partial charge in [-0.15, -0.1) is 11.3 Å². The molecule has 6 heteroatoms. The van der Waals surface area contributed by atoms with E-state index in [1.54, 1.807) is 25.6 Å². The predicted molar refractivity (Wildman–Crippen MR) is 109 cm³/mol. The highest BCUT2D eigenvalue weighted by Crippen LogP contribution is 2.34. The van der Waals surface area contributed by atoms with E-state index >= 15 is 0 Å². The number of likely N-dealkylation sites (tertiary alicyclic amines) is 1. The lowest BCUT2D eigenvalue weighted by Gasteiger charge is -2.26. The van der Waals surface area contributed by atoms with E-state index < -0.39 is 0 Å². The van der Waals surface area contributed by atoms with Crippen molar-refractivity contribution in [3.8, 4) is 11.5 Å². The van der Waals surface area contributed by atoms with Gasteiger partial charge in [0.1, 0.15) is 0 Å². The molecule has 1 atom stereocenters. The molecule has 1 aromatic carbocycles. The van der Waals surface area contributed by atoms with Crippen LogP contribution in [0.5, 0.6) is 11.5 Å². The van der Waals surface area contributed by atoms with Crippen molar-refractivity contribution in [3.63, 3.8) is 0 Å². The maximum absolute atomic E-state index is 12.8. The number of amides is 1. The summed E-state index contributed by atoms with van der Waals surface area (Å²) >= 11 is 1.74. The summed E-state index contributed by atoms with van der Waals surface area (Å²) < 4.78 is 10.6. The number of methoxy groups -OCH3 is 2. The molecule has 0 radical (unpaired) electrons. The first kappa shape index (κ1) is 19.7. The average molecular weight is 389 g/mol. The summed E-state index contributed by atoms with van der Waals surface area (Å²) in [6.45, 7) is 2.14. The number of ether oxygens (including phenoxy) is 2. The number of benzene rings is 1. The van der Waals surface area contributed by atoms with Crippen molar-refractivity contribution in [1.29, 1.82) is 0 Å². The van der Waals surface area contributed by atoms with Crippen LogP contribution in [0.2, 0.25) is 0 Å². The van der Waals surface area contributed by atoms with Crippen LogP contribution >= 0.6 is 11.3 Å². The first-order valence-electron chi connectivity index (χ1n) is 9.34. The van der Waals surface area contributed by atoms with E-state index in [2.05, 4.69) is 27.3 Å². The summed E-state index contributed by atoms with van der Waals surface area (Å²) in [7, 11) is 5.29. The molecule has 0 aliphatic carbocycles. The highest BCUT2D eigenvalue weighted by molar-refractivity contribution is 7.10. The van der Waals surface area contributed by atoms with Gasteiger partial charge in [-0.2, -0.15) is 0 Å². The van der Waals surface area contributed by atoms with Gasteiger partial charge in [0.15, 0.2) is 11.5 Å². The zero-order valence-electron chi connectivity index (χ0n) is 16.3. The molecule has 1 amide bonds. The number of rotatable bonds is 8. The molecule has 1 aliphatic rings. The quantitative estimate of drug-likeness (QED) is 0.693. The smallest absolute Gasteiger partial charge is 0.237 e. The normalized spacial score (nSPS) is 16.7. The highest BCUT2D eigenvalue weighted by Gasteiger charge is 2.30. The second-order valence-corrected chi connectivity index (χ2v) is 7.92. The monoisotopic (exact) mass is 388 g/mol. The van der Waals surface area contributed by atoms with E-state index in [0.29, 0.717) is 6.54 Å². The van der Waals surface area contributed by atoms with Crippen LogP contribution in [0.25, 0.3) is 0 Å². The number of likely N-dealkylation sites (N-methyl/N-ethyl adjacent to an activating group) is 1. The van der Waals surface area contributed by atoms with Gasteiger partial charge in [-0.1, -0.05) is 12.1 Å². The second kappa shape index (κ2) is 9.24. The fraction of sp³-hybridized carbons (Fsp3) is 0.476. The Morgan fingerprint density at radius 2 is 2.07 bits per heavy atom. The van der Waals surface area contributed by atoms with Crippen molar-refractivity contribution in [1.82, 2.24) is 9.80 Å². The first-order valence-corrected chi connectivity index (χ1v) is 10.2. The number of hydrogen-bond donors (Lipinski definition) is 0. The molecule has 0 spiro atoms. The lowest BCUT2D eigenvalue weighted by atomic mass is 10.1. The number of carbonyl (C=O) groups excluding carboxylic acids is 1. The molecular formula is C21H28N2O3S. The largest absolute Gasteiger partial charge is 0.493 e. The number of hydrogen-bond acceptors (Lipinski definition) is 5. The van der Waals surface area contributed by atoms with Crippen LogP contribution in [0.15, 0.2) is 35.7 Å². The SMILES string of the molecule is COc1ccc(CCN(C)CC(=O)N2CCC[C@H]2c2cccs2)cc1OC. The fourth-order valence-corrected chi connectivity index (χ4v) is 4.47. The summed E-state index contributed by atoms with van der Waals surface area (Å²) in [5.41, 5.74) is 1.17. The molecule has 0 N–H and O–H groups in total. The minimum atomic E-state index is 0.223. The third-order valence-corrected chi connectivity index (χ3v) is 6.05. The van der Waals surface area contributed by atoms with E-state index in [0.717, 1.165) is 43.9 Å². The second-order valence-electron chi connectivity index (χ2n) is 6.94. The molecular weight excluding hydrogens is 360 g/mol. The fourth-order valence-electron chi connectivity index (χ4n) is 3.60. The van der Waals surface area contributed by atoms with Gasteiger partial charge in [-0.05, 0) is 55.5 Å². The van der Waals surface area contributed by atoms with Crippen molar-refractivity contribution in [2.24, 2.45) is 0 Å². The maximum Gasteiger partial charge on any atom is 0.237 e. The van der Waals surface area contributed by atoms with Gasteiger partial charge < -0.3 is 14.4 Å². The predicted octanol–water partition coefficient (Wildman–Crippen LogP) is 3.60. The highest BCUT2D eigenvalue weighted by atomic mass is 32.1. The Morgan fingerprint density at radius 1 is 1.26 bits per heavy atom. The third-order valence-electron chi connectivity index (χ3n) is 5.08. The molecule has 1 aromatic heterocycles. The Bertz CT molecular complexity index is 748. The molecule has 3 rings (SSSR count). The summed E-state index contributed by atoms with van der Waals surface area (Å²) in [6, 6.07) is 10.4.